The van der Waals surface area contributed by atoms with Gasteiger partial charge in [0, 0.05) is 24.2 Å². The van der Waals surface area contributed by atoms with Crippen LogP contribution in [0.15, 0.2) is 66.3 Å². The predicted molar refractivity (Wildman–Crippen MR) is 139 cm³/mol. The number of aromatic nitrogens is 3. The van der Waals surface area contributed by atoms with E-state index >= 15 is 0 Å². The minimum atomic E-state index is -0.509. The lowest BCUT2D eigenvalue weighted by Gasteiger charge is -2.22. The maximum absolute atomic E-state index is 12.8. The van der Waals surface area contributed by atoms with E-state index in [1.807, 2.05) is 24.5 Å². The minimum Gasteiger partial charge on any atom is -0.342 e. The third kappa shape index (κ3) is 6.57. The Morgan fingerprint density at radius 2 is 1.92 bits per heavy atom. The molecule has 10 nitrogen and oxygen atoms in total. The highest BCUT2D eigenvalue weighted by Gasteiger charge is 2.26. The Kier molecular flexibility index (Phi) is 8.96. The second-order valence-electron chi connectivity index (χ2n) is 8.39. The van der Waals surface area contributed by atoms with Crippen molar-refractivity contribution < 1.29 is 14.5 Å². The van der Waals surface area contributed by atoms with Gasteiger partial charge in [-0.25, -0.2) is 0 Å². The van der Waals surface area contributed by atoms with Crippen molar-refractivity contribution in [3.05, 3.63) is 88.3 Å². The molecule has 3 aromatic rings. The molecule has 36 heavy (non-hydrogen) atoms. The molecule has 1 atom stereocenters. The molecule has 1 aromatic heterocycles. The highest BCUT2D eigenvalue weighted by atomic mass is 32.2. The van der Waals surface area contributed by atoms with Gasteiger partial charge in [0.2, 0.25) is 5.91 Å². The maximum atomic E-state index is 12.8. The molecule has 3 rings (SSSR count). The number of anilines is 1. The van der Waals surface area contributed by atoms with E-state index < -0.39 is 11.0 Å². The molecular formula is C25H28N6O4S. The summed E-state index contributed by atoms with van der Waals surface area (Å²) in [6.07, 6.45) is 1.69. The number of benzene rings is 2. The van der Waals surface area contributed by atoms with Gasteiger partial charge in [0.25, 0.3) is 11.6 Å². The van der Waals surface area contributed by atoms with Crippen molar-refractivity contribution in [2.75, 3.05) is 11.1 Å². The molecule has 0 saturated heterocycles. The van der Waals surface area contributed by atoms with E-state index in [9.17, 15) is 19.7 Å². The summed E-state index contributed by atoms with van der Waals surface area (Å²) in [6.45, 7) is 9.91. The van der Waals surface area contributed by atoms with Crippen molar-refractivity contribution in [1.29, 1.82) is 0 Å². The van der Waals surface area contributed by atoms with Crippen LogP contribution in [0.3, 0.4) is 0 Å². The summed E-state index contributed by atoms with van der Waals surface area (Å²) in [4.78, 5) is 35.9. The first-order valence-electron chi connectivity index (χ1n) is 11.3. The van der Waals surface area contributed by atoms with Gasteiger partial charge in [-0.1, -0.05) is 56.0 Å². The number of nitro groups is 1. The Labute approximate surface area is 213 Å². The monoisotopic (exact) mass is 508 g/mol. The van der Waals surface area contributed by atoms with Crippen LogP contribution in [0.25, 0.3) is 0 Å². The molecule has 2 aromatic carbocycles. The number of allylic oxidation sites excluding steroid dienone is 1. The van der Waals surface area contributed by atoms with Crippen molar-refractivity contribution in [2.45, 2.75) is 38.5 Å². The lowest BCUT2D eigenvalue weighted by atomic mass is 10.0. The normalized spacial score (nSPS) is 11.7. The van der Waals surface area contributed by atoms with Crippen LogP contribution in [-0.4, -0.2) is 37.3 Å². The second-order valence-corrected chi connectivity index (χ2v) is 9.34. The van der Waals surface area contributed by atoms with Gasteiger partial charge in [-0.05, 0) is 30.5 Å². The lowest BCUT2D eigenvalue weighted by Crippen LogP contribution is -2.33. The number of carbonyl (C=O) groups is 2. The van der Waals surface area contributed by atoms with Gasteiger partial charge < -0.3 is 15.2 Å². The summed E-state index contributed by atoms with van der Waals surface area (Å²) in [5.41, 5.74) is 1.54. The third-order valence-corrected chi connectivity index (χ3v) is 6.33. The second kappa shape index (κ2) is 12.1. The average Bonchev–Trinajstić information content (AvgIpc) is 3.25. The fourth-order valence-corrected chi connectivity index (χ4v) is 4.21. The zero-order chi connectivity index (χ0) is 26.2. The number of non-ortho nitro benzene ring substituents is 1. The van der Waals surface area contributed by atoms with Gasteiger partial charge in [-0.2, -0.15) is 0 Å². The van der Waals surface area contributed by atoms with Crippen molar-refractivity contribution in [1.82, 2.24) is 20.1 Å². The zero-order valence-corrected chi connectivity index (χ0v) is 21.1. The number of nitro benzene ring substituents is 1. The van der Waals surface area contributed by atoms with Crippen LogP contribution >= 0.6 is 11.8 Å². The van der Waals surface area contributed by atoms with Gasteiger partial charge in [-0.15, -0.1) is 16.8 Å². The molecule has 188 valence electrons. The fraction of sp³-hybridized carbons (Fsp3) is 0.280. The Morgan fingerprint density at radius 1 is 1.19 bits per heavy atom. The summed E-state index contributed by atoms with van der Waals surface area (Å²) < 4.78 is 1.82. The Balaban J connectivity index is 1.75. The molecule has 0 unspecified atom stereocenters. The number of amides is 2. The molecule has 0 saturated carbocycles. The molecule has 0 aliphatic rings. The average molecular weight is 509 g/mol. The summed E-state index contributed by atoms with van der Waals surface area (Å²) >= 11 is 1.18. The third-order valence-electron chi connectivity index (χ3n) is 5.36. The zero-order valence-electron chi connectivity index (χ0n) is 20.3. The van der Waals surface area contributed by atoms with E-state index in [1.165, 1.54) is 23.9 Å². The molecule has 2 N–H and O–H groups in total. The molecule has 0 aliphatic carbocycles. The van der Waals surface area contributed by atoms with Crippen LogP contribution in [0.1, 0.15) is 41.6 Å². The number of nitrogens with one attached hydrogen (secondary N) is 2. The Morgan fingerprint density at radius 3 is 2.56 bits per heavy atom. The molecule has 0 bridgehead atoms. The van der Waals surface area contributed by atoms with E-state index in [4.69, 9.17) is 0 Å². The summed E-state index contributed by atoms with van der Waals surface area (Å²) in [6, 6.07) is 12.8. The van der Waals surface area contributed by atoms with Crippen LogP contribution in [0.2, 0.25) is 0 Å². The molecule has 0 fully saturated rings. The summed E-state index contributed by atoms with van der Waals surface area (Å²) in [5, 5.41) is 25.9. The number of carbonyl (C=O) groups excluding carboxylic acids is 2. The Bertz CT molecular complexity index is 1260. The molecule has 1 heterocycles. The van der Waals surface area contributed by atoms with E-state index in [0.29, 0.717) is 34.3 Å². The molecule has 11 heteroatoms. The first-order chi connectivity index (χ1) is 17.2. The van der Waals surface area contributed by atoms with Gasteiger partial charge >= 0.3 is 0 Å². The number of hydrogen-bond acceptors (Lipinski definition) is 7. The quantitative estimate of drug-likeness (QED) is 0.168. The van der Waals surface area contributed by atoms with Gasteiger partial charge in [0.05, 0.1) is 22.4 Å². The molecule has 0 radical (unpaired) electrons. The van der Waals surface area contributed by atoms with Crippen molar-refractivity contribution >= 4 is 35.0 Å². The van der Waals surface area contributed by atoms with Gasteiger partial charge in [-0.3, -0.25) is 19.7 Å². The van der Waals surface area contributed by atoms with Crippen LogP contribution in [0, 0.1) is 23.0 Å². The van der Waals surface area contributed by atoms with Gasteiger partial charge in [0.1, 0.15) is 0 Å². The van der Waals surface area contributed by atoms with Crippen LogP contribution in [0.4, 0.5) is 11.4 Å². The maximum Gasteiger partial charge on any atom is 0.271 e. The minimum absolute atomic E-state index is 0.0140. The Hall–Kier alpha value is -3.99. The highest BCUT2D eigenvalue weighted by molar-refractivity contribution is 7.99. The number of rotatable bonds is 11. The number of aryl methyl sites for hydroxylation is 1. The van der Waals surface area contributed by atoms with Crippen molar-refractivity contribution in [2.24, 2.45) is 5.92 Å². The molecule has 0 aliphatic heterocycles. The number of nitrogens with zero attached hydrogens (tertiary/aromatic N) is 4. The molecular weight excluding hydrogens is 480 g/mol. The standard InChI is InChI=1S/C25H28N6O4S/c1-5-13-30-23(22(16(2)3)27-24(33)18-9-7-6-8-10-18)28-29-25(30)36-15-21(32)26-20-14-19(31(34)35)12-11-17(20)4/h5-12,14,16,22H,1,13,15H2,2-4H3,(H,26,32)(H,27,33)/t22-/m1/s1. The highest BCUT2D eigenvalue weighted by Crippen LogP contribution is 2.27. The number of thioether (sulfide) groups is 1. The SMILES string of the molecule is C=CCn1c(SCC(=O)Nc2cc([N+](=O)[O-])ccc2C)nnc1[C@H](NC(=O)c1ccccc1)C(C)C. The van der Waals surface area contributed by atoms with E-state index in [2.05, 4.69) is 27.4 Å². The summed E-state index contributed by atoms with van der Waals surface area (Å²) in [5.74, 6) is 0.0367. The van der Waals surface area contributed by atoms with E-state index in [1.54, 1.807) is 43.3 Å². The molecule has 0 spiro atoms. The fourth-order valence-electron chi connectivity index (χ4n) is 3.46. The molecule has 2 amide bonds. The van der Waals surface area contributed by atoms with E-state index in [0.717, 1.165) is 0 Å². The predicted octanol–water partition coefficient (Wildman–Crippen LogP) is 4.54. The van der Waals surface area contributed by atoms with Gasteiger partial charge in [0.15, 0.2) is 11.0 Å². The van der Waals surface area contributed by atoms with Crippen LogP contribution in [0.5, 0.6) is 0 Å². The van der Waals surface area contributed by atoms with Crippen molar-refractivity contribution in [3.63, 3.8) is 0 Å². The lowest BCUT2D eigenvalue weighted by molar-refractivity contribution is -0.384. The first-order valence-corrected chi connectivity index (χ1v) is 12.3. The smallest absolute Gasteiger partial charge is 0.271 e. The van der Waals surface area contributed by atoms with Crippen LogP contribution < -0.4 is 10.6 Å². The number of hydrogen-bond donors (Lipinski definition) is 2. The van der Waals surface area contributed by atoms with Crippen LogP contribution in [-0.2, 0) is 11.3 Å². The largest absolute Gasteiger partial charge is 0.342 e. The van der Waals surface area contributed by atoms with Crippen molar-refractivity contribution in [3.8, 4) is 0 Å². The topological polar surface area (TPSA) is 132 Å². The first kappa shape index (κ1) is 26.6. The summed E-state index contributed by atoms with van der Waals surface area (Å²) in [7, 11) is 0. The van der Waals surface area contributed by atoms with E-state index in [-0.39, 0.29) is 29.2 Å².